The van der Waals surface area contributed by atoms with Crippen LogP contribution in [0, 0.1) is 22.2 Å². The normalized spacial score (nSPS) is 18.7. The Balaban J connectivity index is 5.65. The van der Waals surface area contributed by atoms with Crippen molar-refractivity contribution in [3.63, 3.8) is 0 Å². The van der Waals surface area contributed by atoms with Gasteiger partial charge < -0.3 is 9.84 Å². The molecule has 0 aliphatic rings. The van der Waals surface area contributed by atoms with Gasteiger partial charge in [0.15, 0.2) is 6.29 Å². The highest BCUT2D eigenvalue weighted by atomic mass is 16.6. The van der Waals surface area contributed by atoms with Gasteiger partial charge in [0, 0.05) is 5.41 Å². The summed E-state index contributed by atoms with van der Waals surface area (Å²) in [5.41, 5.74) is -0.638. The molecule has 0 fully saturated rings. The van der Waals surface area contributed by atoms with E-state index in [0.29, 0.717) is 5.92 Å². The summed E-state index contributed by atoms with van der Waals surface area (Å²) < 4.78 is 6.41. The van der Waals surface area contributed by atoms with Crippen LogP contribution in [0.25, 0.3) is 0 Å². The summed E-state index contributed by atoms with van der Waals surface area (Å²) >= 11 is 0. The molecular formula is C19H40O2. The Kier molecular flexibility index (Phi) is 6.55. The largest absolute Gasteiger partial charge is 0.367 e. The summed E-state index contributed by atoms with van der Waals surface area (Å²) in [6.07, 6.45) is 1.04. The second kappa shape index (κ2) is 6.58. The maximum atomic E-state index is 11.0. The van der Waals surface area contributed by atoms with E-state index in [9.17, 15) is 5.11 Å². The molecule has 0 aliphatic carbocycles. The molecule has 0 aromatic rings. The Morgan fingerprint density at radius 1 is 0.810 bits per heavy atom. The summed E-state index contributed by atoms with van der Waals surface area (Å²) in [4.78, 5) is 0. The van der Waals surface area contributed by atoms with Crippen molar-refractivity contribution in [2.45, 2.75) is 101 Å². The molecule has 2 atom stereocenters. The zero-order valence-electron chi connectivity index (χ0n) is 16.4. The lowest BCUT2D eigenvalue weighted by Gasteiger charge is -2.53. The summed E-state index contributed by atoms with van der Waals surface area (Å²) in [5.74, 6) is 0.332. The highest BCUT2D eigenvalue weighted by molar-refractivity contribution is 4.96. The van der Waals surface area contributed by atoms with Gasteiger partial charge in [-0.05, 0) is 29.6 Å². The van der Waals surface area contributed by atoms with Crippen LogP contribution in [0.5, 0.6) is 0 Å². The molecule has 2 unspecified atom stereocenters. The minimum Gasteiger partial charge on any atom is -0.367 e. The van der Waals surface area contributed by atoms with Crippen molar-refractivity contribution in [2.24, 2.45) is 22.2 Å². The monoisotopic (exact) mass is 300 g/mol. The molecule has 0 aromatic heterocycles. The molecule has 0 aliphatic heterocycles. The molecule has 0 rings (SSSR count). The van der Waals surface area contributed by atoms with Crippen molar-refractivity contribution < 1.29 is 9.84 Å². The van der Waals surface area contributed by atoms with Gasteiger partial charge in [-0.2, -0.15) is 0 Å². The second-order valence-corrected chi connectivity index (χ2v) is 9.11. The minimum atomic E-state index is -0.767. The summed E-state index contributed by atoms with van der Waals surface area (Å²) in [6, 6.07) is 0. The van der Waals surface area contributed by atoms with Gasteiger partial charge in [0.25, 0.3) is 0 Å². The van der Waals surface area contributed by atoms with Crippen LogP contribution < -0.4 is 0 Å². The highest BCUT2D eigenvalue weighted by Gasteiger charge is 2.51. The molecule has 0 bridgehead atoms. The quantitative estimate of drug-likeness (QED) is 0.644. The average Bonchev–Trinajstić information content (AvgIpc) is 2.31. The predicted molar refractivity (Wildman–Crippen MR) is 92.3 cm³/mol. The molecule has 2 nitrogen and oxygen atoms in total. The molecule has 1 N–H and O–H groups in total. The molecule has 0 radical (unpaired) electrons. The van der Waals surface area contributed by atoms with Gasteiger partial charge in [0.2, 0.25) is 0 Å². The van der Waals surface area contributed by atoms with Crippen molar-refractivity contribution in [1.82, 2.24) is 0 Å². The zero-order valence-corrected chi connectivity index (χ0v) is 16.4. The van der Waals surface area contributed by atoms with E-state index in [2.05, 4.69) is 76.2 Å². The van der Waals surface area contributed by atoms with Crippen molar-refractivity contribution >= 4 is 0 Å². The second-order valence-electron chi connectivity index (χ2n) is 9.11. The molecule has 0 saturated heterocycles. The smallest absolute Gasteiger partial charge is 0.161 e. The molecule has 2 heteroatoms. The number of hydrogen-bond donors (Lipinski definition) is 1. The van der Waals surface area contributed by atoms with E-state index in [0.717, 1.165) is 12.8 Å². The van der Waals surface area contributed by atoms with Crippen molar-refractivity contribution in [3.05, 3.63) is 0 Å². The van der Waals surface area contributed by atoms with Crippen LogP contribution >= 0.6 is 0 Å². The first-order valence-corrected chi connectivity index (χ1v) is 8.55. The lowest BCUT2D eigenvalue weighted by Crippen LogP contribution is -2.55. The summed E-state index contributed by atoms with van der Waals surface area (Å²) in [7, 11) is 0. The van der Waals surface area contributed by atoms with Crippen molar-refractivity contribution in [1.29, 1.82) is 0 Å². The average molecular weight is 301 g/mol. The molecule has 0 spiro atoms. The van der Waals surface area contributed by atoms with Crippen molar-refractivity contribution in [2.75, 3.05) is 0 Å². The Bertz CT molecular complexity index is 315. The van der Waals surface area contributed by atoms with Gasteiger partial charge in [-0.25, -0.2) is 0 Å². The van der Waals surface area contributed by atoms with Crippen LogP contribution in [0.4, 0.5) is 0 Å². The maximum absolute atomic E-state index is 11.0. The van der Waals surface area contributed by atoms with Crippen LogP contribution in [0.15, 0.2) is 0 Å². The fraction of sp³-hybridized carbons (Fsp3) is 1.00. The minimum absolute atomic E-state index is 0.00669. The molecule has 21 heavy (non-hydrogen) atoms. The van der Waals surface area contributed by atoms with Crippen LogP contribution in [0.3, 0.4) is 0 Å². The molecule has 0 aromatic carbocycles. The number of hydrogen-bond acceptors (Lipinski definition) is 2. The first kappa shape index (κ1) is 20.9. The zero-order chi connectivity index (χ0) is 17.3. The Labute approximate surface area is 133 Å². The van der Waals surface area contributed by atoms with Gasteiger partial charge in [-0.1, -0.05) is 76.2 Å². The number of rotatable bonds is 6. The fourth-order valence-electron chi connectivity index (χ4n) is 3.51. The Hall–Kier alpha value is -0.0800. The van der Waals surface area contributed by atoms with Gasteiger partial charge in [-0.15, -0.1) is 0 Å². The van der Waals surface area contributed by atoms with E-state index >= 15 is 0 Å². The van der Waals surface area contributed by atoms with E-state index in [1.165, 1.54) is 0 Å². The first-order chi connectivity index (χ1) is 9.19. The SMILES string of the molecule is CCC(CC)(OC(O)C(C)(C(C)C)C(C)(C)C)C(C)(C)C. The molecule has 0 saturated carbocycles. The summed E-state index contributed by atoms with van der Waals surface area (Å²) in [5, 5.41) is 11.0. The van der Waals surface area contributed by atoms with Crippen LogP contribution in [-0.2, 0) is 4.74 Å². The topological polar surface area (TPSA) is 29.5 Å². The number of aliphatic hydroxyl groups excluding tert-OH is 1. The molecule has 0 heterocycles. The van der Waals surface area contributed by atoms with Gasteiger partial charge in [0.05, 0.1) is 5.60 Å². The number of aliphatic hydroxyl groups is 1. The van der Waals surface area contributed by atoms with Crippen molar-refractivity contribution in [3.8, 4) is 0 Å². The molecule has 128 valence electrons. The third kappa shape index (κ3) is 3.82. The van der Waals surface area contributed by atoms with E-state index < -0.39 is 6.29 Å². The van der Waals surface area contributed by atoms with E-state index in [1.54, 1.807) is 0 Å². The maximum Gasteiger partial charge on any atom is 0.161 e. The standard InChI is InChI=1S/C19H40O2/c1-12-19(13-2,17(8,9)10)21-15(20)18(11,14(3)4)16(5,6)7/h14-15,20H,12-13H2,1-11H3. The van der Waals surface area contributed by atoms with Gasteiger partial charge >= 0.3 is 0 Å². The predicted octanol–water partition coefficient (Wildman–Crippen LogP) is 5.63. The first-order valence-electron chi connectivity index (χ1n) is 8.55. The highest BCUT2D eigenvalue weighted by Crippen LogP contribution is 2.50. The van der Waals surface area contributed by atoms with Gasteiger partial charge in [-0.3, -0.25) is 0 Å². The lowest BCUT2D eigenvalue weighted by molar-refractivity contribution is -0.290. The van der Waals surface area contributed by atoms with Gasteiger partial charge in [0.1, 0.15) is 0 Å². The van der Waals surface area contributed by atoms with E-state index in [4.69, 9.17) is 4.74 Å². The van der Waals surface area contributed by atoms with Crippen LogP contribution in [0.1, 0.15) is 89.0 Å². The molecule has 0 amide bonds. The Morgan fingerprint density at radius 2 is 1.19 bits per heavy atom. The van der Waals surface area contributed by atoms with Crippen LogP contribution in [0.2, 0.25) is 0 Å². The Morgan fingerprint density at radius 3 is 1.38 bits per heavy atom. The third-order valence-electron chi connectivity index (χ3n) is 6.17. The van der Waals surface area contributed by atoms with E-state index in [-0.39, 0.29) is 21.8 Å². The number of ether oxygens (including phenoxy) is 1. The third-order valence-corrected chi connectivity index (χ3v) is 6.17. The fourth-order valence-corrected chi connectivity index (χ4v) is 3.51. The lowest BCUT2D eigenvalue weighted by atomic mass is 9.61. The summed E-state index contributed by atoms with van der Waals surface area (Å²) in [6.45, 7) is 24.0. The van der Waals surface area contributed by atoms with Crippen LogP contribution in [-0.4, -0.2) is 17.0 Å². The molecular weight excluding hydrogens is 260 g/mol. The van der Waals surface area contributed by atoms with E-state index in [1.807, 2.05) is 0 Å².